The third kappa shape index (κ3) is 3.97. The molecule has 1 saturated heterocycles. The third-order valence-electron chi connectivity index (χ3n) is 5.00. The highest BCUT2D eigenvalue weighted by molar-refractivity contribution is 7.13. The van der Waals surface area contributed by atoms with Crippen molar-refractivity contribution in [2.24, 2.45) is 0 Å². The summed E-state index contributed by atoms with van der Waals surface area (Å²) >= 11 is 7.42. The van der Waals surface area contributed by atoms with E-state index in [1.54, 1.807) is 23.0 Å². The van der Waals surface area contributed by atoms with Crippen molar-refractivity contribution in [3.63, 3.8) is 0 Å². The third-order valence-corrected chi connectivity index (χ3v) is 6.13. The molecule has 1 N–H and O–H groups in total. The number of halogens is 1. The smallest absolute Gasteiger partial charge is 0.273 e. The fourth-order valence-corrected chi connectivity index (χ4v) is 4.31. The van der Waals surface area contributed by atoms with Crippen LogP contribution in [0.1, 0.15) is 5.56 Å². The summed E-state index contributed by atoms with van der Waals surface area (Å²) in [6.07, 6.45) is 3.22. The standard InChI is InChI=1S/C24H15ClN4O3S/c25-16-8-10-18(11-9-16)29-23(31)19(22(30)26-24(29)32)13-15-14-28(17-5-2-1-3-6-17)27-21(15)20-7-4-12-33-20/h1-14H,(H,26,30,32)/b19-13-. The van der Waals surface area contributed by atoms with Gasteiger partial charge in [0.25, 0.3) is 11.8 Å². The van der Waals surface area contributed by atoms with Crippen molar-refractivity contribution in [3.8, 4) is 16.3 Å². The number of barbiturate groups is 1. The van der Waals surface area contributed by atoms with Crippen LogP contribution in [0.15, 0.2) is 83.9 Å². The van der Waals surface area contributed by atoms with Gasteiger partial charge in [-0.15, -0.1) is 11.3 Å². The number of nitrogens with one attached hydrogen (secondary N) is 1. The number of anilines is 1. The molecule has 2 aromatic carbocycles. The number of nitrogens with zero attached hydrogens (tertiary/aromatic N) is 3. The van der Waals surface area contributed by atoms with Gasteiger partial charge in [0.2, 0.25) is 0 Å². The molecule has 1 fully saturated rings. The lowest BCUT2D eigenvalue weighted by Gasteiger charge is -2.26. The Balaban J connectivity index is 1.60. The Morgan fingerprint density at radius 1 is 0.909 bits per heavy atom. The Bertz CT molecular complexity index is 1390. The van der Waals surface area contributed by atoms with Crippen LogP contribution in [0.4, 0.5) is 10.5 Å². The van der Waals surface area contributed by atoms with Crippen LogP contribution in [0.3, 0.4) is 0 Å². The summed E-state index contributed by atoms with van der Waals surface area (Å²) in [7, 11) is 0. The van der Waals surface area contributed by atoms with Gasteiger partial charge < -0.3 is 0 Å². The van der Waals surface area contributed by atoms with Crippen LogP contribution in [-0.2, 0) is 9.59 Å². The zero-order valence-corrected chi connectivity index (χ0v) is 18.5. The van der Waals surface area contributed by atoms with E-state index in [1.165, 1.54) is 29.5 Å². The number of hydrogen-bond acceptors (Lipinski definition) is 5. The van der Waals surface area contributed by atoms with Gasteiger partial charge >= 0.3 is 6.03 Å². The van der Waals surface area contributed by atoms with Gasteiger partial charge in [-0.1, -0.05) is 35.9 Å². The van der Waals surface area contributed by atoms with Gasteiger partial charge in [-0.25, -0.2) is 14.4 Å². The fourth-order valence-electron chi connectivity index (χ4n) is 3.45. The number of imide groups is 2. The lowest BCUT2D eigenvalue weighted by Crippen LogP contribution is -2.54. The van der Waals surface area contributed by atoms with Gasteiger partial charge in [-0.05, 0) is 53.9 Å². The van der Waals surface area contributed by atoms with Gasteiger partial charge in [-0.3, -0.25) is 14.9 Å². The van der Waals surface area contributed by atoms with Crippen molar-refractivity contribution < 1.29 is 14.4 Å². The fraction of sp³-hybridized carbons (Fsp3) is 0. The number of amides is 4. The van der Waals surface area contributed by atoms with Crippen LogP contribution < -0.4 is 10.2 Å². The first kappa shape index (κ1) is 20.9. The Labute approximate surface area is 197 Å². The maximum absolute atomic E-state index is 13.2. The maximum Gasteiger partial charge on any atom is 0.335 e. The number of para-hydroxylation sites is 1. The predicted octanol–water partition coefficient (Wildman–Crippen LogP) is 4.92. The molecule has 3 heterocycles. The highest BCUT2D eigenvalue weighted by Gasteiger charge is 2.37. The summed E-state index contributed by atoms with van der Waals surface area (Å²) in [5.41, 5.74) is 2.16. The first-order valence-electron chi connectivity index (χ1n) is 9.87. The largest absolute Gasteiger partial charge is 0.335 e. The molecule has 1 aliphatic heterocycles. The molecular weight excluding hydrogens is 460 g/mol. The van der Waals surface area contributed by atoms with Gasteiger partial charge in [0.15, 0.2) is 0 Å². The normalized spacial score (nSPS) is 15.2. The molecule has 0 radical (unpaired) electrons. The van der Waals surface area contributed by atoms with Crippen molar-refractivity contribution in [1.29, 1.82) is 0 Å². The molecule has 0 unspecified atom stereocenters. The summed E-state index contributed by atoms with van der Waals surface area (Å²) in [5.74, 6) is -1.49. The lowest BCUT2D eigenvalue weighted by atomic mass is 10.1. The minimum Gasteiger partial charge on any atom is -0.273 e. The summed E-state index contributed by atoms with van der Waals surface area (Å²) in [4.78, 5) is 40.1. The number of aromatic nitrogens is 2. The quantitative estimate of drug-likeness (QED) is 0.336. The predicted molar refractivity (Wildman–Crippen MR) is 127 cm³/mol. The molecular formula is C24H15ClN4O3S. The number of hydrogen-bond donors (Lipinski definition) is 1. The molecule has 7 nitrogen and oxygen atoms in total. The molecule has 0 atom stereocenters. The zero-order valence-electron chi connectivity index (χ0n) is 16.9. The van der Waals surface area contributed by atoms with E-state index in [9.17, 15) is 14.4 Å². The number of thiophene rings is 1. The first-order chi connectivity index (χ1) is 16.0. The molecule has 0 saturated carbocycles. The van der Waals surface area contributed by atoms with E-state index in [2.05, 4.69) is 10.4 Å². The number of benzene rings is 2. The monoisotopic (exact) mass is 474 g/mol. The van der Waals surface area contributed by atoms with Crippen LogP contribution >= 0.6 is 22.9 Å². The highest BCUT2D eigenvalue weighted by atomic mass is 35.5. The summed E-state index contributed by atoms with van der Waals surface area (Å²) in [6.45, 7) is 0. The van der Waals surface area contributed by atoms with E-state index in [4.69, 9.17) is 11.6 Å². The number of rotatable bonds is 4. The molecule has 4 amide bonds. The minimum atomic E-state index is -0.817. The van der Waals surface area contributed by atoms with Gasteiger partial charge in [0, 0.05) is 16.8 Å². The Kier molecular flexibility index (Phi) is 5.37. The maximum atomic E-state index is 13.2. The van der Waals surface area contributed by atoms with E-state index in [-0.39, 0.29) is 5.57 Å². The van der Waals surface area contributed by atoms with E-state index >= 15 is 0 Å². The summed E-state index contributed by atoms with van der Waals surface area (Å²) < 4.78 is 1.69. The van der Waals surface area contributed by atoms with Crippen molar-refractivity contribution in [3.05, 3.63) is 94.5 Å². The van der Waals surface area contributed by atoms with Crippen LogP contribution in [0.25, 0.3) is 22.3 Å². The van der Waals surface area contributed by atoms with Crippen LogP contribution in [0, 0.1) is 0 Å². The van der Waals surface area contributed by atoms with Gasteiger partial charge in [0.05, 0.1) is 16.3 Å². The zero-order chi connectivity index (χ0) is 22.9. The Morgan fingerprint density at radius 3 is 2.36 bits per heavy atom. The number of carbonyl (C=O) groups is 3. The van der Waals surface area contributed by atoms with Crippen LogP contribution in [0.5, 0.6) is 0 Å². The van der Waals surface area contributed by atoms with Crippen molar-refractivity contribution in [2.45, 2.75) is 0 Å². The van der Waals surface area contributed by atoms with Crippen LogP contribution in [-0.4, -0.2) is 27.6 Å². The second kappa shape index (κ2) is 8.50. The van der Waals surface area contributed by atoms with Crippen molar-refractivity contribution in [2.75, 3.05) is 4.90 Å². The van der Waals surface area contributed by atoms with Gasteiger partial charge in [-0.2, -0.15) is 5.10 Å². The van der Waals surface area contributed by atoms with E-state index in [0.717, 1.165) is 15.5 Å². The lowest BCUT2D eigenvalue weighted by molar-refractivity contribution is -0.122. The summed E-state index contributed by atoms with van der Waals surface area (Å²) in [5, 5.41) is 9.31. The molecule has 33 heavy (non-hydrogen) atoms. The average Bonchev–Trinajstić information content (AvgIpc) is 3.48. The van der Waals surface area contributed by atoms with E-state index < -0.39 is 17.8 Å². The molecule has 162 valence electrons. The topological polar surface area (TPSA) is 84.3 Å². The second-order valence-corrected chi connectivity index (χ2v) is 8.51. The molecule has 0 aliphatic carbocycles. The van der Waals surface area contributed by atoms with Gasteiger partial charge in [0.1, 0.15) is 11.3 Å². The minimum absolute atomic E-state index is 0.171. The van der Waals surface area contributed by atoms with Crippen molar-refractivity contribution in [1.82, 2.24) is 15.1 Å². The Morgan fingerprint density at radius 2 is 1.67 bits per heavy atom. The number of urea groups is 1. The molecule has 1 aliphatic rings. The summed E-state index contributed by atoms with van der Waals surface area (Å²) in [6, 6.07) is 18.7. The number of carbonyl (C=O) groups excluding carboxylic acids is 3. The molecule has 4 aromatic rings. The molecule has 0 spiro atoms. The molecule has 5 rings (SSSR count). The molecule has 0 bridgehead atoms. The van der Waals surface area contributed by atoms with E-state index in [0.29, 0.717) is 22.0 Å². The van der Waals surface area contributed by atoms with E-state index in [1.807, 2.05) is 47.8 Å². The Hall–Kier alpha value is -4.01. The molecule has 2 aromatic heterocycles. The van der Waals surface area contributed by atoms with Crippen molar-refractivity contribution >= 4 is 52.5 Å². The second-order valence-electron chi connectivity index (χ2n) is 7.12. The first-order valence-corrected chi connectivity index (χ1v) is 11.1. The van der Waals surface area contributed by atoms with Crippen LogP contribution in [0.2, 0.25) is 5.02 Å². The highest BCUT2D eigenvalue weighted by Crippen LogP contribution is 2.30. The SMILES string of the molecule is O=C1NC(=O)N(c2ccc(Cl)cc2)C(=O)/C1=C\c1cn(-c2ccccc2)nc1-c1cccs1. The molecule has 9 heteroatoms. The average molecular weight is 475 g/mol.